The molecular weight excluding hydrogens is 312 g/mol. The van der Waals surface area contributed by atoms with Gasteiger partial charge in [0.05, 0.1) is 0 Å². The van der Waals surface area contributed by atoms with Gasteiger partial charge < -0.3 is 5.32 Å². The van der Waals surface area contributed by atoms with Gasteiger partial charge in [0, 0.05) is 6.54 Å². The molecule has 2 fully saturated rings. The molecule has 4 nitrogen and oxygen atoms in total. The largest absolute Gasteiger partial charge is 0.325 e. The van der Waals surface area contributed by atoms with Crippen LogP contribution in [0.5, 0.6) is 0 Å². The summed E-state index contributed by atoms with van der Waals surface area (Å²) in [5, 5.41) is 5.06. The highest BCUT2D eigenvalue weighted by Crippen LogP contribution is 2.35. The Morgan fingerprint density at radius 3 is 2.56 bits per heavy atom. The third-order valence-corrected chi connectivity index (χ3v) is 5.77. The number of benzene rings is 2. The first kappa shape index (κ1) is 16.1. The molecule has 2 aromatic rings. The van der Waals surface area contributed by atoms with Crippen LogP contribution in [0.4, 0.5) is 4.79 Å². The molecule has 0 bridgehead atoms. The van der Waals surface area contributed by atoms with E-state index in [4.69, 9.17) is 0 Å². The minimum Gasteiger partial charge on any atom is -0.319 e. The lowest BCUT2D eigenvalue weighted by atomic mass is 9.86. The molecular formula is C21H24N2O2. The molecule has 130 valence electrons. The third kappa shape index (κ3) is 2.70. The molecule has 2 aromatic carbocycles. The molecule has 1 N–H and O–H groups in total. The average Bonchev–Trinajstić information content (AvgIpc) is 2.86. The zero-order chi connectivity index (χ0) is 17.4. The lowest BCUT2D eigenvalue weighted by Gasteiger charge is -2.27. The van der Waals surface area contributed by atoms with Gasteiger partial charge in [-0.25, -0.2) is 4.79 Å². The van der Waals surface area contributed by atoms with Crippen molar-refractivity contribution in [2.24, 2.45) is 5.92 Å². The van der Waals surface area contributed by atoms with Crippen LogP contribution in [0.3, 0.4) is 0 Å². The first-order valence-corrected chi connectivity index (χ1v) is 9.22. The van der Waals surface area contributed by atoms with E-state index in [0.29, 0.717) is 12.5 Å². The summed E-state index contributed by atoms with van der Waals surface area (Å²) >= 11 is 0. The minimum absolute atomic E-state index is 0.126. The summed E-state index contributed by atoms with van der Waals surface area (Å²) in [7, 11) is 0. The van der Waals surface area contributed by atoms with Crippen molar-refractivity contribution in [2.45, 2.75) is 44.6 Å². The van der Waals surface area contributed by atoms with Crippen molar-refractivity contribution >= 4 is 22.7 Å². The number of amides is 3. The summed E-state index contributed by atoms with van der Waals surface area (Å²) in [6.07, 6.45) is 5.90. The predicted molar refractivity (Wildman–Crippen MR) is 98.1 cm³/mol. The molecule has 1 aliphatic heterocycles. The summed E-state index contributed by atoms with van der Waals surface area (Å²) in [6, 6.07) is 13.7. The Balaban J connectivity index is 1.67. The van der Waals surface area contributed by atoms with Crippen molar-refractivity contribution in [3.63, 3.8) is 0 Å². The number of imide groups is 1. The Morgan fingerprint density at radius 2 is 1.76 bits per heavy atom. The molecule has 0 spiro atoms. The number of rotatable bonds is 3. The Bertz CT molecular complexity index is 820. The normalized spacial score (nSPS) is 24.8. The predicted octanol–water partition coefficient (Wildman–Crippen LogP) is 4.19. The number of hydrogen-bond acceptors (Lipinski definition) is 2. The quantitative estimate of drug-likeness (QED) is 0.855. The number of carbonyl (C=O) groups excluding carboxylic acids is 2. The lowest BCUT2D eigenvalue weighted by molar-refractivity contribution is -0.131. The van der Waals surface area contributed by atoms with Crippen LogP contribution in [-0.4, -0.2) is 23.4 Å². The third-order valence-electron chi connectivity index (χ3n) is 5.77. The molecule has 0 unspecified atom stereocenters. The van der Waals surface area contributed by atoms with Gasteiger partial charge in [0.1, 0.15) is 5.54 Å². The SMILES string of the molecule is C[C@@]1(c2cccc3ccccc23)NC(=O)N(CC2CCCCC2)C1=O. The van der Waals surface area contributed by atoms with Crippen molar-refractivity contribution < 1.29 is 9.59 Å². The monoisotopic (exact) mass is 336 g/mol. The minimum atomic E-state index is -0.993. The van der Waals surface area contributed by atoms with Gasteiger partial charge in [-0.15, -0.1) is 0 Å². The Labute approximate surface area is 148 Å². The molecule has 1 heterocycles. The first-order valence-electron chi connectivity index (χ1n) is 9.22. The summed E-state index contributed by atoms with van der Waals surface area (Å²) in [5.74, 6) is 0.317. The van der Waals surface area contributed by atoms with E-state index in [1.807, 2.05) is 49.4 Å². The fourth-order valence-electron chi connectivity index (χ4n) is 4.33. The van der Waals surface area contributed by atoms with Crippen molar-refractivity contribution in [3.05, 3.63) is 48.0 Å². The van der Waals surface area contributed by atoms with Gasteiger partial charge in [-0.3, -0.25) is 9.69 Å². The fraction of sp³-hybridized carbons (Fsp3) is 0.429. The van der Waals surface area contributed by atoms with E-state index in [1.54, 1.807) is 0 Å². The maximum absolute atomic E-state index is 13.2. The molecule has 1 aliphatic carbocycles. The first-order chi connectivity index (χ1) is 12.1. The Morgan fingerprint density at radius 1 is 1.04 bits per heavy atom. The highest BCUT2D eigenvalue weighted by atomic mass is 16.2. The van der Waals surface area contributed by atoms with Crippen LogP contribution < -0.4 is 5.32 Å². The van der Waals surface area contributed by atoms with E-state index in [1.165, 1.54) is 24.2 Å². The maximum atomic E-state index is 13.2. The Kier molecular flexibility index (Phi) is 3.98. The molecule has 25 heavy (non-hydrogen) atoms. The average molecular weight is 336 g/mol. The van der Waals surface area contributed by atoms with Gasteiger partial charge >= 0.3 is 6.03 Å². The zero-order valence-electron chi connectivity index (χ0n) is 14.6. The second-order valence-corrected chi connectivity index (χ2v) is 7.50. The molecule has 1 atom stereocenters. The molecule has 2 aliphatic rings. The van der Waals surface area contributed by atoms with E-state index >= 15 is 0 Å². The van der Waals surface area contributed by atoms with Crippen LogP contribution in [0.1, 0.15) is 44.6 Å². The number of nitrogens with zero attached hydrogens (tertiary/aromatic N) is 1. The highest BCUT2D eigenvalue weighted by molar-refractivity contribution is 6.09. The summed E-state index contributed by atoms with van der Waals surface area (Å²) in [4.78, 5) is 27.2. The summed E-state index contributed by atoms with van der Waals surface area (Å²) in [6.45, 7) is 2.38. The number of carbonyl (C=O) groups is 2. The van der Waals surface area contributed by atoms with E-state index in [2.05, 4.69) is 5.32 Å². The van der Waals surface area contributed by atoms with Crippen molar-refractivity contribution in [1.29, 1.82) is 0 Å². The van der Waals surface area contributed by atoms with Crippen molar-refractivity contribution in [1.82, 2.24) is 10.2 Å². The second kappa shape index (κ2) is 6.17. The highest BCUT2D eigenvalue weighted by Gasteiger charge is 2.49. The number of fused-ring (bicyclic) bond motifs is 1. The lowest BCUT2D eigenvalue weighted by Crippen LogP contribution is -2.41. The molecule has 4 heteroatoms. The van der Waals surface area contributed by atoms with E-state index in [9.17, 15) is 9.59 Å². The van der Waals surface area contributed by atoms with E-state index < -0.39 is 5.54 Å². The van der Waals surface area contributed by atoms with Gasteiger partial charge in [0.15, 0.2) is 0 Å². The van der Waals surface area contributed by atoms with Crippen molar-refractivity contribution in [2.75, 3.05) is 6.54 Å². The number of urea groups is 1. The molecule has 1 saturated carbocycles. The van der Waals surface area contributed by atoms with Crippen LogP contribution >= 0.6 is 0 Å². The zero-order valence-corrected chi connectivity index (χ0v) is 14.6. The fourth-order valence-corrected chi connectivity index (χ4v) is 4.33. The second-order valence-electron chi connectivity index (χ2n) is 7.50. The van der Waals surface area contributed by atoms with E-state index in [0.717, 1.165) is 29.2 Å². The van der Waals surface area contributed by atoms with E-state index in [-0.39, 0.29) is 11.9 Å². The number of hydrogen-bond donors (Lipinski definition) is 1. The van der Waals surface area contributed by atoms with Gasteiger partial charge in [-0.05, 0) is 42.0 Å². The van der Waals surface area contributed by atoms with Gasteiger partial charge in [-0.1, -0.05) is 61.7 Å². The maximum Gasteiger partial charge on any atom is 0.325 e. The standard InChI is InChI=1S/C21H24N2O2/c1-21(18-13-7-11-16-10-5-6-12-17(16)18)19(24)23(20(25)22-21)14-15-8-3-2-4-9-15/h5-7,10-13,15H,2-4,8-9,14H2,1H3,(H,22,25)/t21-/m0/s1. The van der Waals surface area contributed by atoms with Crippen LogP contribution in [-0.2, 0) is 10.3 Å². The summed E-state index contributed by atoms with van der Waals surface area (Å²) in [5.41, 5.74) is -0.123. The molecule has 0 aromatic heterocycles. The topological polar surface area (TPSA) is 49.4 Å². The van der Waals surface area contributed by atoms with Crippen LogP contribution in [0.15, 0.2) is 42.5 Å². The van der Waals surface area contributed by atoms with Crippen LogP contribution in [0.2, 0.25) is 0 Å². The van der Waals surface area contributed by atoms with Gasteiger partial charge in [-0.2, -0.15) is 0 Å². The Hall–Kier alpha value is -2.36. The van der Waals surface area contributed by atoms with Crippen LogP contribution in [0.25, 0.3) is 10.8 Å². The van der Waals surface area contributed by atoms with Crippen molar-refractivity contribution in [3.8, 4) is 0 Å². The number of nitrogens with one attached hydrogen (secondary N) is 1. The van der Waals surface area contributed by atoms with Gasteiger partial charge in [0.25, 0.3) is 5.91 Å². The smallest absolute Gasteiger partial charge is 0.319 e. The molecule has 0 radical (unpaired) electrons. The molecule has 4 rings (SSSR count). The molecule has 1 saturated heterocycles. The van der Waals surface area contributed by atoms with Crippen LogP contribution in [0, 0.1) is 5.92 Å². The molecule has 3 amide bonds. The van der Waals surface area contributed by atoms with Gasteiger partial charge in [0.2, 0.25) is 0 Å². The summed E-state index contributed by atoms with van der Waals surface area (Å²) < 4.78 is 0.